The molecule has 28 heavy (non-hydrogen) atoms. The Hall–Kier alpha value is -2.19. The van der Waals surface area contributed by atoms with Gasteiger partial charge in [0.1, 0.15) is 11.6 Å². The summed E-state index contributed by atoms with van der Waals surface area (Å²) in [5.41, 5.74) is -0.832. The molecule has 0 radical (unpaired) electrons. The Labute approximate surface area is 163 Å². The minimum atomic E-state index is -1.23. The molecule has 3 heterocycles. The number of amides is 3. The average Bonchev–Trinajstić information content (AvgIpc) is 2.92. The number of hydrogen-bond acceptors (Lipinski definition) is 5. The van der Waals surface area contributed by atoms with E-state index in [-0.39, 0.29) is 12.0 Å². The van der Waals surface area contributed by atoms with Gasteiger partial charge < -0.3 is 20.1 Å². The Morgan fingerprint density at radius 3 is 2.75 bits per heavy atom. The molecule has 0 aromatic heterocycles. The van der Waals surface area contributed by atoms with Crippen LogP contribution in [-0.4, -0.2) is 65.7 Å². The van der Waals surface area contributed by atoms with Crippen LogP contribution < -0.4 is 10.1 Å². The van der Waals surface area contributed by atoms with Gasteiger partial charge in [-0.3, -0.25) is 9.69 Å². The number of likely N-dealkylation sites (tertiary alicyclic amines) is 1. The summed E-state index contributed by atoms with van der Waals surface area (Å²) in [6.45, 7) is 3.29. The van der Waals surface area contributed by atoms with Gasteiger partial charge >= 0.3 is 6.03 Å². The third-order valence-corrected chi connectivity index (χ3v) is 5.97. The van der Waals surface area contributed by atoms with Crippen LogP contribution in [0.2, 0.25) is 0 Å². The maximum atomic E-state index is 13.8. The van der Waals surface area contributed by atoms with Crippen molar-refractivity contribution in [3.8, 4) is 5.75 Å². The van der Waals surface area contributed by atoms with Gasteiger partial charge in [0.25, 0.3) is 5.91 Å². The molecule has 0 bridgehead atoms. The van der Waals surface area contributed by atoms with Crippen LogP contribution in [-0.2, 0) is 10.3 Å². The van der Waals surface area contributed by atoms with E-state index in [0.29, 0.717) is 37.3 Å². The highest BCUT2D eigenvalue weighted by Gasteiger charge is 2.54. The first-order valence-corrected chi connectivity index (χ1v) is 9.97. The summed E-state index contributed by atoms with van der Waals surface area (Å²) in [6, 6.07) is 3.64. The Balaban J connectivity index is 1.38. The standard InChI is InChI=1S/C20H26FN3O4/c21-14-3-4-17-16(13-14)20(7-12-28-17)18(26)24(19(27)22-20)9-2-1-8-23-10-5-15(25)6-11-23/h3-4,13,15,25H,1-2,5-12H2,(H,22,27). The van der Waals surface area contributed by atoms with Crippen LogP contribution in [0.15, 0.2) is 18.2 Å². The highest BCUT2D eigenvalue weighted by Crippen LogP contribution is 2.41. The van der Waals surface area contributed by atoms with Crippen molar-refractivity contribution in [2.24, 2.45) is 0 Å². The normalized spacial score (nSPS) is 25.7. The van der Waals surface area contributed by atoms with Gasteiger partial charge in [-0.1, -0.05) is 0 Å². The maximum Gasteiger partial charge on any atom is 0.325 e. The molecule has 0 aliphatic carbocycles. The molecule has 2 fully saturated rings. The maximum absolute atomic E-state index is 13.8. The number of benzene rings is 1. The van der Waals surface area contributed by atoms with Gasteiger partial charge in [-0.2, -0.15) is 0 Å². The highest BCUT2D eigenvalue weighted by molar-refractivity contribution is 6.07. The zero-order valence-electron chi connectivity index (χ0n) is 15.8. The fraction of sp³-hybridized carbons (Fsp3) is 0.600. The highest BCUT2D eigenvalue weighted by atomic mass is 19.1. The molecule has 3 amide bonds. The average molecular weight is 391 g/mol. The minimum Gasteiger partial charge on any atom is -0.493 e. The number of piperidine rings is 1. The van der Waals surface area contributed by atoms with Crippen LogP contribution in [0, 0.1) is 5.82 Å². The van der Waals surface area contributed by atoms with Crippen molar-refractivity contribution in [1.29, 1.82) is 0 Å². The van der Waals surface area contributed by atoms with Gasteiger partial charge in [-0.05, 0) is 50.4 Å². The quantitative estimate of drug-likeness (QED) is 0.589. The van der Waals surface area contributed by atoms with Gasteiger partial charge in [0.05, 0.1) is 12.7 Å². The van der Waals surface area contributed by atoms with E-state index >= 15 is 0 Å². The number of nitrogens with one attached hydrogen (secondary N) is 1. The van der Waals surface area contributed by atoms with E-state index in [1.807, 2.05) is 0 Å². The lowest BCUT2D eigenvalue weighted by molar-refractivity contribution is -0.132. The second-order valence-corrected chi connectivity index (χ2v) is 7.81. The largest absolute Gasteiger partial charge is 0.493 e. The molecule has 1 aromatic carbocycles. The number of aliphatic hydroxyl groups is 1. The lowest BCUT2D eigenvalue weighted by atomic mass is 9.84. The number of aliphatic hydroxyl groups excluding tert-OH is 1. The third kappa shape index (κ3) is 3.46. The molecule has 1 atom stereocenters. The Morgan fingerprint density at radius 2 is 1.96 bits per heavy atom. The molecule has 0 saturated carbocycles. The fourth-order valence-electron chi connectivity index (χ4n) is 4.34. The van der Waals surface area contributed by atoms with Crippen molar-refractivity contribution in [2.45, 2.75) is 43.7 Å². The summed E-state index contributed by atoms with van der Waals surface area (Å²) in [6.07, 6.45) is 3.28. The minimum absolute atomic E-state index is 0.189. The summed E-state index contributed by atoms with van der Waals surface area (Å²) in [5.74, 6) is -0.347. The lowest BCUT2D eigenvalue weighted by Crippen LogP contribution is -2.47. The molecule has 8 heteroatoms. The number of imide groups is 1. The van der Waals surface area contributed by atoms with Crippen LogP contribution in [0.4, 0.5) is 9.18 Å². The Kier molecular flexibility index (Phi) is 5.25. The van der Waals surface area contributed by atoms with Crippen molar-refractivity contribution in [3.05, 3.63) is 29.6 Å². The molecule has 1 aromatic rings. The van der Waals surface area contributed by atoms with Crippen molar-refractivity contribution >= 4 is 11.9 Å². The number of halogens is 1. The second kappa shape index (κ2) is 7.67. The Morgan fingerprint density at radius 1 is 1.21 bits per heavy atom. The van der Waals surface area contributed by atoms with E-state index in [0.717, 1.165) is 38.9 Å². The molecular formula is C20H26FN3O4. The number of fused-ring (bicyclic) bond motifs is 2. The van der Waals surface area contributed by atoms with Crippen LogP contribution in [0.5, 0.6) is 5.75 Å². The number of carbonyl (C=O) groups excluding carboxylic acids is 2. The third-order valence-electron chi connectivity index (χ3n) is 5.97. The number of hydrogen-bond donors (Lipinski definition) is 2. The number of rotatable bonds is 5. The monoisotopic (exact) mass is 391 g/mol. The molecule has 4 rings (SSSR count). The summed E-state index contributed by atoms with van der Waals surface area (Å²) in [4.78, 5) is 29.2. The summed E-state index contributed by atoms with van der Waals surface area (Å²) in [7, 11) is 0. The van der Waals surface area contributed by atoms with E-state index in [9.17, 15) is 19.1 Å². The molecule has 3 aliphatic rings. The van der Waals surface area contributed by atoms with E-state index in [2.05, 4.69) is 10.2 Å². The van der Waals surface area contributed by atoms with Gasteiger partial charge in [-0.25, -0.2) is 9.18 Å². The van der Waals surface area contributed by atoms with Gasteiger partial charge in [0.15, 0.2) is 5.54 Å². The molecule has 1 spiro atoms. The van der Waals surface area contributed by atoms with Crippen molar-refractivity contribution in [2.75, 3.05) is 32.8 Å². The van der Waals surface area contributed by atoms with Crippen molar-refractivity contribution in [1.82, 2.24) is 15.1 Å². The molecule has 2 N–H and O–H groups in total. The summed E-state index contributed by atoms with van der Waals surface area (Å²) >= 11 is 0. The Bertz CT molecular complexity index is 766. The molecule has 1 unspecified atom stereocenters. The molecule has 7 nitrogen and oxygen atoms in total. The summed E-state index contributed by atoms with van der Waals surface area (Å²) in [5, 5.41) is 12.4. The SMILES string of the molecule is O=C1NC2(CCOc3ccc(F)cc32)C(=O)N1CCCCN1CCC(O)CC1. The van der Waals surface area contributed by atoms with Crippen LogP contribution in [0.3, 0.4) is 0 Å². The van der Waals surface area contributed by atoms with E-state index in [1.165, 1.54) is 23.1 Å². The molecular weight excluding hydrogens is 365 g/mol. The van der Waals surface area contributed by atoms with Crippen LogP contribution in [0.1, 0.15) is 37.7 Å². The summed E-state index contributed by atoms with van der Waals surface area (Å²) < 4.78 is 19.3. The number of urea groups is 1. The van der Waals surface area contributed by atoms with Gasteiger partial charge in [0, 0.05) is 31.6 Å². The first-order valence-electron chi connectivity index (χ1n) is 9.97. The predicted molar refractivity (Wildman–Crippen MR) is 99.3 cm³/mol. The van der Waals surface area contributed by atoms with E-state index in [4.69, 9.17) is 4.74 Å². The van der Waals surface area contributed by atoms with Crippen LogP contribution in [0.25, 0.3) is 0 Å². The van der Waals surface area contributed by atoms with Gasteiger partial charge in [-0.15, -0.1) is 0 Å². The first-order chi connectivity index (χ1) is 13.5. The molecule has 152 valence electrons. The zero-order chi connectivity index (χ0) is 19.7. The van der Waals surface area contributed by atoms with Crippen LogP contribution >= 0.6 is 0 Å². The number of nitrogens with zero attached hydrogens (tertiary/aromatic N) is 2. The van der Waals surface area contributed by atoms with E-state index in [1.54, 1.807) is 0 Å². The zero-order valence-corrected chi connectivity index (χ0v) is 15.8. The number of unbranched alkanes of at least 4 members (excludes halogenated alkanes) is 1. The smallest absolute Gasteiger partial charge is 0.325 e. The predicted octanol–water partition coefficient (Wildman–Crippen LogP) is 1.59. The fourth-order valence-corrected chi connectivity index (χ4v) is 4.34. The first kappa shape index (κ1) is 19.1. The lowest BCUT2D eigenvalue weighted by Gasteiger charge is -2.33. The number of ether oxygens (including phenoxy) is 1. The molecule has 3 aliphatic heterocycles. The van der Waals surface area contributed by atoms with Crippen molar-refractivity contribution < 1.29 is 23.8 Å². The van der Waals surface area contributed by atoms with E-state index < -0.39 is 17.4 Å². The van der Waals surface area contributed by atoms with Gasteiger partial charge in [0.2, 0.25) is 0 Å². The van der Waals surface area contributed by atoms with Crippen molar-refractivity contribution in [3.63, 3.8) is 0 Å². The second-order valence-electron chi connectivity index (χ2n) is 7.81. The number of carbonyl (C=O) groups is 2. The topological polar surface area (TPSA) is 82.1 Å². The molecule has 2 saturated heterocycles.